The lowest BCUT2D eigenvalue weighted by Gasteiger charge is -2.27. The van der Waals surface area contributed by atoms with E-state index in [1.807, 2.05) is 0 Å². The summed E-state index contributed by atoms with van der Waals surface area (Å²) in [5, 5.41) is 27.1. The number of nitriles is 1. The number of aliphatic hydroxyl groups excluding tert-OH is 1. The minimum atomic E-state index is -2.99. The van der Waals surface area contributed by atoms with Crippen molar-refractivity contribution in [2.45, 2.75) is 42.7 Å². The topological polar surface area (TPSA) is 157 Å². The van der Waals surface area contributed by atoms with Crippen LogP contribution in [0.1, 0.15) is 53.8 Å². The van der Waals surface area contributed by atoms with Crippen molar-refractivity contribution in [3.05, 3.63) is 35.5 Å². The van der Waals surface area contributed by atoms with Gasteiger partial charge in [0.1, 0.15) is 5.56 Å². The first-order valence-electron chi connectivity index (χ1n) is 9.43. The number of hydrogen-bond acceptors (Lipinski definition) is 7. The van der Waals surface area contributed by atoms with Gasteiger partial charge in [0, 0.05) is 17.4 Å². The van der Waals surface area contributed by atoms with E-state index in [0.29, 0.717) is 16.1 Å². The fourth-order valence-corrected chi connectivity index (χ4v) is 5.79. The van der Waals surface area contributed by atoms with Gasteiger partial charge < -0.3 is 16.2 Å². The van der Waals surface area contributed by atoms with Crippen LogP contribution in [0.3, 0.4) is 0 Å². The molecule has 2 aliphatic rings. The van der Waals surface area contributed by atoms with Gasteiger partial charge in [0.05, 0.1) is 34.8 Å². The van der Waals surface area contributed by atoms with E-state index in [-0.39, 0.29) is 29.1 Å². The van der Waals surface area contributed by atoms with E-state index in [2.05, 4.69) is 16.5 Å². The van der Waals surface area contributed by atoms with Crippen molar-refractivity contribution in [3.63, 3.8) is 0 Å². The lowest BCUT2D eigenvalue weighted by molar-refractivity contribution is 0.100. The minimum Gasteiger partial charge on any atom is -0.387 e. The van der Waals surface area contributed by atoms with E-state index < -0.39 is 22.6 Å². The Hall–Kier alpha value is -2.58. The predicted octanol–water partition coefficient (Wildman–Crippen LogP) is 3.14. The van der Waals surface area contributed by atoms with E-state index in [1.165, 1.54) is 0 Å². The van der Waals surface area contributed by atoms with Crippen LogP contribution in [0.2, 0.25) is 0 Å². The SMILES string of the molecule is N#CC1CCCCC1n1cc(C(N)=O)c(Nc2ccc3c(c2)C(O)CS3(O)O)n1. The molecule has 3 unspecified atom stereocenters. The molecule has 0 radical (unpaired) electrons. The second-order valence-corrected chi connectivity index (χ2v) is 9.66. The number of fused-ring (bicyclic) bond motifs is 1. The second-order valence-electron chi connectivity index (χ2n) is 7.55. The van der Waals surface area contributed by atoms with Gasteiger partial charge in [-0.05, 0) is 31.0 Å². The maximum atomic E-state index is 11.9. The number of anilines is 2. The Morgan fingerprint density at radius 3 is 2.83 bits per heavy atom. The predicted molar refractivity (Wildman–Crippen MR) is 108 cm³/mol. The van der Waals surface area contributed by atoms with Gasteiger partial charge in [-0.25, -0.2) is 0 Å². The summed E-state index contributed by atoms with van der Waals surface area (Å²) in [6.45, 7) is 0. The van der Waals surface area contributed by atoms with Gasteiger partial charge >= 0.3 is 0 Å². The number of aliphatic hydroxyl groups is 1. The Bertz CT molecular complexity index is 999. The van der Waals surface area contributed by atoms with E-state index in [0.717, 1.165) is 25.7 Å². The Morgan fingerprint density at radius 2 is 2.10 bits per heavy atom. The van der Waals surface area contributed by atoms with Crippen molar-refractivity contribution in [2.75, 3.05) is 11.1 Å². The summed E-state index contributed by atoms with van der Waals surface area (Å²) in [6, 6.07) is 7.02. The molecule has 9 nitrogen and oxygen atoms in total. The molecule has 0 spiro atoms. The standard InChI is InChI=1S/C19H23N5O4S/c20-8-11-3-1-2-4-15(11)24-9-14(18(21)26)19(23-24)22-12-5-6-17-13(7-12)16(25)10-29(17,27)28/h5-7,9,11,15-16,25,27-28H,1-4,10H2,(H2,21,26)(H,22,23). The van der Waals surface area contributed by atoms with Crippen LogP contribution in [-0.4, -0.2) is 35.7 Å². The molecule has 10 heteroatoms. The largest absolute Gasteiger partial charge is 0.387 e. The third-order valence-corrected chi connectivity index (χ3v) is 7.46. The number of primary amides is 1. The summed E-state index contributed by atoms with van der Waals surface area (Å²) < 4.78 is 21.8. The van der Waals surface area contributed by atoms with Crippen molar-refractivity contribution < 1.29 is 19.0 Å². The molecule has 1 aromatic carbocycles. The number of nitrogens with one attached hydrogen (secondary N) is 1. The Morgan fingerprint density at radius 1 is 1.34 bits per heavy atom. The number of nitrogens with zero attached hydrogens (tertiary/aromatic N) is 3. The van der Waals surface area contributed by atoms with Crippen molar-refractivity contribution in [1.82, 2.24) is 9.78 Å². The average Bonchev–Trinajstić information content (AvgIpc) is 3.20. The molecule has 1 aromatic heterocycles. The van der Waals surface area contributed by atoms with Crippen molar-refractivity contribution >= 4 is 28.0 Å². The van der Waals surface area contributed by atoms with Crippen LogP contribution < -0.4 is 11.1 Å². The molecule has 1 aliphatic heterocycles. The van der Waals surface area contributed by atoms with Gasteiger partial charge in [-0.2, -0.15) is 21.0 Å². The van der Waals surface area contributed by atoms with Crippen LogP contribution >= 0.6 is 10.6 Å². The third-order valence-electron chi connectivity index (χ3n) is 5.61. The molecule has 3 atom stereocenters. The molecule has 1 amide bonds. The van der Waals surface area contributed by atoms with Gasteiger partial charge in [0.15, 0.2) is 5.82 Å². The lowest BCUT2D eigenvalue weighted by Crippen LogP contribution is -2.22. The Kier molecular flexibility index (Phi) is 5.00. The number of amides is 1. The summed E-state index contributed by atoms with van der Waals surface area (Å²) in [5.74, 6) is -0.667. The fraction of sp³-hybridized carbons (Fsp3) is 0.421. The molecule has 1 aliphatic carbocycles. The number of benzene rings is 1. The highest BCUT2D eigenvalue weighted by Gasteiger charge is 2.34. The van der Waals surface area contributed by atoms with Crippen LogP contribution in [0, 0.1) is 17.2 Å². The molecule has 2 aromatic rings. The molecule has 29 heavy (non-hydrogen) atoms. The number of carbonyl (C=O) groups excluding carboxylic acids is 1. The monoisotopic (exact) mass is 417 g/mol. The Balaban J connectivity index is 1.66. The second kappa shape index (κ2) is 7.35. The first-order chi connectivity index (χ1) is 13.8. The zero-order valence-electron chi connectivity index (χ0n) is 15.7. The molecular formula is C19H23N5O4S. The number of nitrogens with two attached hydrogens (primary N) is 1. The zero-order valence-corrected chi connectivity index (χ0v) is 16.5. The van der Waals surface area contributed by atoms with Gasteiger partial charge in [-0.15, -0.1) is 0 Å². The van der Waals surface area contributed by atoms with Gasteiger partial charge in [0.25, 0.3) is 5.91 Å². The van der Waals surface area contributed by atoms with Crippen molar-refractivity contribution in [2.24, 2.45) is 11.7 Å². The molecule has 0 bridgehead atoms. The van der Waals surface area contributed by atoms with Gasteiger partial charge in [-0.3, -0.25) is 18.6 Å². The number of hydrogen-bond donors (Lipinski definition) is 5. The van der Waals surface area contributed by atoms with Crippen molar-refractivity contribution in [3.8, 4) is 6.07 Å². The van der Waals surface area contributed by atoms with Crippen LogP contribution in [0.5, 0.6) is 0 Å². The maximum absolute atomic E-state index is 11.9. The molecule has 1 fully saturated rings. The summed E-state index contributed by atoms with van der Waals surface area (Å²) in [5.41, 5.74) is 6.70. The molecule has 6 N–H and O–H groups in total. The summed E-state index contributed by atoms with van der Waals surface area (Å²) in [4.78, 5) is 12.3. The van der Waals surface area contributed by atoms with Crippen LogP contribution in [0.15, 0.2) is 29.3 Å². The summed E-state index contributed by atoms with van der Waals surface area (Å²) >= 11 is 0. The van der Waals surface area contributed by atoms with Gasteiger partial charge in [-0.1, -0.05) is 12.8 Å². The minimum absolute atomic E-state index is 0.114. The first kappa shape index (κ1) is 19.7. The molecule has 1 saturated carbocycles. The highest BCUT2D eigenvalue weighted by Crippen LogP contribution is 2.59. The van der Waals surface area contributed by atoms with E-state index in [9.17, 15) is 24.3 Å². The van der Waals surface area contributed by atoms with Crippen LogP contribution in [0.4, 0.5) is 11.5 Å². The molecule has 0 saturated heterocycles. The number of aromatic nitrogens is 2. The lowest BCUT2D eigenvalue weighted by atomic mass is 9.85. The number of rotatable bonds is 4. The maximum Gasteiger partial charge on any atom is 0.254 e. The summed E-state index contributed by atoms with van der Waals surface area (Å²) in [7, 11) is -2.99. The van der Waals surface area contributed by atoms with E-state index in [1.54, 1.807) is 29.1 Å². The van der Waals surface area contributed by atoms with Gasteiger partial charge in [0.2, 0.25) is 0 Å². The van der Waals surface area contributed by atoms with Crippen molar-refractivity contribution in [1.29, 1.82) is 5.26 Å². The molecule has 154 valence electrons. The highest BCUT2D eigenvalue weighted by atomic mass is 32.3. The van der Waals surface area contributed by atoms with Crippen LogP contribution in [0.25, 0.3) is 0 Å². The van der Waals surface area contributed by atoms with E-state index in [4.69, 9.17) is 5.73 Å². The van der Waals surface area contributed by atoms with Crippen LogP contribution in [-0.2, 0) is 0 Å². The fourth-order valence-electron chi connectivity index (χ4n) is 4.13. The smallest absolute Gasteiger partial charge is 0.254 e. The molecule has 2 heterocycles. The van der Waals surface area contributed by atoms with E-state index >= 15 is 0 Å². The first-order valence-corrected chi connectivity index (χ1v) is 11.2. The average molecular weight is 417 g/mol. The third kappa shape index (κ3) is 3.58. The number of carbonyl (C=O) groups is 1. The normalized spacial score (nSPS) is 26.3. The quantitative estimate of drug-likeness (QED) is 0.511. The Labute approximate surface area is 169 Å². The summed E-state index contributed by atoms with van der Waals surface area (Å²) in [6.07, 6.45) is 4.20. The molecular weight excluding hydrogens is 394 g/mol. The highest BCUT2D eigenvalue weighted by molar-refractivity contribution is 8.24. The molecule has 4 rings (SSSR count). The zero-order chi connectivity index (χ0) is 20.8.